The molecule has 2 rings (SSSR count). The Balaban J connectivity index is 2.10. The minimum absolute atomic E-state index is 0.168. The number of nitrogens with two attached hydrogens (primary N) is 1. The zero-order valence-electron chi connectivity index (χ0n) is 10.4. The van der Waals surface area contributed by atoms with Crippen LogP contribution in [0.25, 0.3) is 0 Å². The molecule has 100 valence electrons. The first-order valence-corrected chi connectivity index (χ1v) is 6.25. The molecule has 0 bridgehead atoms. The van der Waals surface area contributed by atoms with Crippen molar-refractivity contribution < 1.29 is 13.2 Å². The molecule has 0 spiro atoms. The molecular weight excluding hydrogens is 239 g/mol. The summed E-state index contributed by atoms with van der Waals surface area (Å²) in [5.41, 5.74) is 6.06. The van der Waals surface area contributed by atoms with E-state index in [0.29, 0.717) is 18.5 Å². The summed E-state index contributed by atoms with van der Waals surface area (Å²) >= 11 is 0. The highest BCUT2D eigenvalue weighted by atomic mass is 19.4. The zero-order valence-corrected chi connectivity index (χ0v) is 10.4. The van der Waals surface area contributed by atoms with Crippen molar-refractivity contribution in [1.82, 2.24) is 0 Å². The van der Waals surface area contributed by atoms with Crippen molar-refractivity contribution in [1.29, 1.82) is 0 Å². The molecule has 0 heterocycles. The lowest BCUT2D eigenvalue weighted by Crippen LogP contribution is -2.38. The fourth-order valence-corrected chi connectivity index (χ4v) is 2.73. The second-order valence-corrected chi connectivity index (χ2v) is 5.46. The van der Waals surface area contributed by atoms with Crippen LogP contribution in [0.5, 0.6) is 0 Å². The Kier molecular flexibility index (Phi) is 3.30. The smallest absolute Gasteiger partial charge is 0.394 e. The van der Waals surface area contributed by atoms with Gasteiger partial charge in [0.1, 0.15) is 0 Å². The Hall–Kier alpha value is -1.19. The van der Waals surface area contributed by atoms with Gasteiger partial charge in [-0.2, -0.15) is 13.2 Å². The van der Waals surface area contributed by atoms with Gasteiger partial charge in [0.2, 0.25) is 0 Å². The average molecular weight is 257 g/mol. The molecule has 4 heteroatoms. The Bertz CT molecular complexity index is 417. The predicted octanol–water partition coefficient (Wildman–Crippen LogP) is 4.50. The van der Waals surface area contributed by atoms with Crippen LogP contribution in [-0.4, -0.2) is 6.18 Å². The summed E-state index contributed by atoms with van der Waals surface area (Å²) in [5, 5.41) is 0. The van der Waals surface area contributed by atoms with E-state index in [1.807, 2.05) is 24.3 Å². The number of hydrogen-bond acceptors (Lipinski definition) is 1. The fraction of sp³-hybridized carbons (Fsp3) is 0.571. The molecule has 0 aliphatic heterocycles. The van der Waals surface area contributed by atoms with Gasteiger partial charge in [-0.15, -0.1) is 0 Å². The molecule has 1 nitrogen and oxygen atoms in total. The summed E-state index contributed by atoms with van der Waals surface area (Å²) in [6, 6.07) is 7.48. The summed E-state index contributed by atoms with van der Waals surface area (Å²) in [6.07, 6.45) is -2.60. The largest absolute Gasteiger partial charge is 0.398 e. The third-order valence-electron chi connectivity index (χ3n) is 4.21. The minimum atomic E-state index is -4.10. The van der Waals surface area contributed by atoms with Crippen molar-refractivity contribution in [2.75, 3.05) is 5.73 Å². The van der Waals surface area contributed by atoms with Crippen LogP contribution in [0.4, 0.5) is 18.9 Å². The highest BCUT2D eigenvalue weighted by molar-refractivity contribution is 5.48. The minimum Gasteiger partial charge on any atom is -0.398 e. The molecular formula is C14H18F3N. The summed E-state index contributed by atoms with van der Waals surface area (Å²) in [4.78, 5) is 0. The van der Waals surface area contributed by atoms with Crippen LogP contribution in [0.15, 0.2) is 24.3 Å². The maximum atomic E-state index is 12.9. The second-order valence-electron chi connectivity index (χ2n) is 5.46. The normalized spacial score (nSPS) is 29.2. The van der Waals surface area contributed by atoms with Gasteiger partial charge in [-0.1, -0.05) is 25.1 Å². The van der Waals surface area contributed by atoms with Crippen molar-refractivity contribution in [3.8, 4) is 0 Å². The maximum Gasteiger partial charge on any atom is 0.394 e. The Morgan fingerprint density at radius 3 is 2.22 bits per heavy atom. The molecule has 0 unspecified atom stereocenters. The van der Waals surface area contributed by atoms with Crippen molar-refractivity contribution >= 4 is 5.69 Å². The average Bonchev–Trinajstić information content (AvgIpc) is 2.30. The summed E-state index contributed by atoms with van der Waals surface area (Å²) in [6.45, 7) is 1.33. The first-order chi connectivity index (χ1) is 8.33. The highest BCUT2D eigenvalue weighted by Gasteiger charge is 2.52. The number of anilines is 1. The lowest BCUT2D eigenvalue weighted by molar-refractivity contribution is -0.228. The van der Waals surface area contributed by atoms with Crippen molar-refractivity contribution in [2.24, 2.45) is 5.41 Å². The number of para-hydroxylation sites is 1. The maximum absolute atomic E-state index is 12.9. The monoisotopic (exact) mass is 257 g/mol. The fourth-order valence-electron chi connectivity index (χ4n) is 2.73. The summed E-state index contributed by atoms with van der Waals surface area (Å²) in [5.74, 6) is 0.168. The lowest BCUT2D eigenvalue weighted by atomic mass is 9.69. The number of halogens is 3. The molecule has 0 aromatic heterocycles. The van der Waals surface area contributed by atoms with Crippen molar-refractivity contribution in [3.63, 3.8) is 0 Å². The van der Waals surface area contributed by atoms with E-state index in [-0.39, 0.29) is 18.8 Å². The molecule has 1 saturated carbocycles. The van der Waals surface area contributed by atoms with E-state index in [4.69, 9.17) is 5.73 Å². The molecule has 0 atom stereocenters. The number of nitrogen functional groups attached to an aromatic ring is 1. The SMILES string of the molecule is CC1(C(F)(F)F)CCC(c2ccccc2N)CC1. The van der Waals surface area contributed by atoms with E-state index in [0.717, 1.165) is 5.56 Å². The van der Waals surface area contributed by atoms with Crippen LogP contribution in [0, 0.1) is 5.41 Å². The van der Waals surface area contributed by atoms with Crippen molar-refractivity contribution in [2.45, 2.75) is 44.7 Å². The molecule has 0 saturated heterocycles. The summed E-state index contributed by atoms with van der Waals surface area (Å²) < 4.78 is 38.7. The standard InChI is InChI=1S/C14H18F3N/c1-13(14(15,16)17)8-6-10(7-9-13)11-4-2-3-5-12(11)18/h2-5,10H,6-9,18H2,1H3. The molecule has 1 fully saturated rings. The van der Waals surface area contributed by atoms with Crippen LogP contribution in [0.3, 0.4) is 0 Å². The molecule has 0 radical (unpaired) electrons. The molecule has 1 aliphatic carbocycles. The van der Waals surface area contributed by atoms with E-state index >= 15 is 0 Å². The van der Waals surface area contributed by atoms with E-state index < -0.39 is 11.6 Å². The molecule has 1 aromatic rings. The second kappa shape index (κ2) is 4.48. The van der Waals surface area contributed by atoms with Gasteiger partial charge in [0.25, 0.3) is 0 Å². The molecule has 0 amide bonds. The Morgan fingerprint density at radius 2 is 1.72 bits per heavy atom. The quantitative estimate of drug-likeness (QED) is 0.737. The van der Waals surface area contributed by atoms with E-state index in [1.54, 1.807) is 0 Å². The van der Waals surface area contributed by atoms with Gasteiger partial charge in [-0.05, 0) is 43.2 Å². The number of rotatable bonds is 1. The van der Waals surface area contributed by atoms with Crippen LogP contribution in [-0.2, 0) is 0 Å². The zero-order chi connectivity index (χ0) is 13.4. The van der Waals surface area contributed by atoms with Gasteiger partial charge in [-0.3, -0.25) is 0 Å². The third kappa shape index (κ3) is 2.33. The Labute approximate surface area is 105 Å². The van der Waals surface area contributed by atoms with Gasteiger partial charge >= 0.3 is 6.18 Å². The topological polar surface area (TPSA) is 26.0 Å². The number of alkyl halides is 3. The van der Waals surface area contributed by atoms with E-state index in [1.165, 1.54) is 6.92 Å². The highest BCUT2D eigenvalue weighted by Crippen LogP contribution is 2.52. The van der Waals surface area contributed by atoms with Gasteiger partial charge in [-0.25, -0.2) is 0 Å². The van der Waals surface area contributed by atoms with Gasteiger partial charge < -0.3 is 5.73 Å². The van der Waals surface area contributed by atoms with Crippen LogP contribution >= 0.6 is 0 Å². The van der Waals surface area contributed by atoms with Gasteiger partial charge in [0.15, 0.2) is 0 Å². The first-order valence-electron chi connectivity index (χ1n) is 6.25. The van der Waals surface area contributed by atoms with Crippen LogP contribution in [0.2, 0.25) is 0 Å². The molecule has 18 heavy (non-hydrogen) atoms. The number of hydrogen-bond donors (Lipinski definition) is 1. The summed E-state index contributed by atoms with van der Waals surface area (Å²) in [7, 11) is 0. The number of benzene rings is 1. The van der Waals surface area contributed by atoms with E-state index in [9.17, 15) is 13.2 Å². The van der Waals surface area contributed by atoms with Crippen molar-refractivity contribution in [3.05, 3.63) is 29.8 Å². The lowest BCUT2D eigenvalue weighted by Gasteiger charge is -2.39. The first kappa shape index (κ1) is 13.2. The van der Waals surface area contributed by atoms with Crippen LogP contribution < -0.4 is 5.73 Å². The predicted molar refractivity (Wildman–Crippen MR) is 66.2 cm³/mol. The van der Waals surface area contributed by atoms with Gasteiger partial charge in [0, 0.05) is 5.69 Å². The van der Waals surface area contributed by atoms with E-state index in [2.05, 4.69) is 0 Å². The molecule has 1 aliphatic rings. The molecule has 1 aromatic carbocycles. The third-order valence-corrected chi connectivity index (χ3v) is 4.21. The van der Waals surface area contributed by atoms with Crippen LogP contribution in [0.1, 0.15) is 44.1 Å². The Morgan fingerprint density at radius 1 is 1.17 bits per heavy atom. The molecule has 2 N–H and O–H groups in total. The van der Waals surface area contributed by atoms with Gasteiger partial charge in [0.05, 0.1) is 5.41 Å².